The van der Waals surface area contributed by atoms with Crippen molar-refractivity contribution in [1.82, 2.24) is 0 Å². The van der Waals surface area contributed by atoms with E-state index in [0.717, 1.165) is 57.8 Å². The van der Waals surface area contributed by atoms with Gasteiger partial charge in [0.25, 0.3) is 0 Å². The maximum atomic E-state index is 12.1. The van der Waals surface area contributed by atoms with Crippen molar-refractivity contribution >= 4 is 5.97 Å². The Labute approximate surface area is 129 Å². The first-order valence-corrected chi connectivity index (χ1v) is 8.69. The Morgan fingerprint density at radius 1 is 1.00 bits per heavy atom. The number of hydrogen-bond donors (Lipinski definition) is 2. The molecule has 3 nitrogen and oxygen atoms in total. The Bertz CT molecular complexity index is 361. The highest BCUT2D eigenvalue weighted by Crippen LogP contribution is 2.52. The zero-order valence-corrected chi connectivity index (χ0v) is 13.9. The summed E-state index contributed by atoms with van der Waals surface area (Å²) in [6, 6.07) is 0. The third-order valence-corrected chi connectivity index (χ3v) is 6.22. The van der Waals surface area contributed by atoms with Crippen LogP contribution in [-0.2, 0) is 4.79 Å². The van der Waals surface area contributed by atoms with E-state index in [4.69, 9.17) is 0 Å². The molecule has 2 atom stereocenters. The maximum absolute atomic E-state index is 12.1. The monoisotopic (exact) mass is 296 g/mol. The van der Waals surface area contributed by atoms with E-state index in [2.05, 4.69) is 20.8 Å². The van der Waals surface area contributed by atoms with Crippen LogP contribution in [0.2, 0.25) is 0 Å². The molecule has 2 saturated carbocycles. The summed E-state index contributed by atoms with van der Waals surface area (Å²) in [7, 11) is 0. The minimum absolute atomic E-state index is 0.0431. The predicted molar refractivity (Wildman–Crippen MR) is 84.1 cm³/mol. The summed E-state index contributed by atoms with van der Waals surface area (Å²) in [5, 5.41) is 20.4. The number of carboxylic acids is 1. The van der Waals surface area contributed by atoms with Gasteiger partial charge in [0, 0.05) is 5.92 Å². The molecule has 21 heavy (non-hydrogen) atoms. The normalized spacial score (nSPS) is 38.8. The van der Waals surface area contributed by atoms with Crippen molar-refractivity contribution in [2.24, 2.45) is 22.7 Å². The van der Waals surface area contributed by atoms with Crippen LogP contribution in [0.1, 0.15) is 78.6 Å². The standard InChI is InChI=1S/C18H32O3/c1-17(2,3)13-9-11-18(12-10-13,16(20)21)14-7-5-4-6-8-15(14)19/h13-15,19H,4-12H2,1-3H3,(H,20,21). The molecule has 0 aromatic rings. The topological polar surface area (TPSA) is 57.5 Å². The molecular weight excluding hydrogens is 264 g/mol. The fourth-order valence-electron chi connectivity index (χ4n) is 4.67. The largest absolute Gasteiger partial charge is 0.481 e. The molecule has 0 spiro atoms. The molecule has 0 amide bonds. The van der Waals surface area contributed by atoms with E-state index in [1.54, 1.807) is 0 Å². The summed E-state index contributed by atoms with van der Waals surface area (Å²) >= 11 is 0. The van der Waals surface area contributed by atoms with E-state index in [1.807, 2.05) is 0 Å². The van der Waals surface area contributed by atoms with Gasteiger partial charge >= 0.3 is 5.97 Å². The highest BCUT2D eigenvalue weighted by molar-refractivity contribution is 5.75. The molecule has 2 fully saturated rings. The third kappa shape index (κ3) is 3.44. The molecule has 0 aromatic heterocycles. The van der Waals surface area contributed by atoms with Crippen LogP contribution >= 0.6 is 0 Å². The van der Waals surface area contributed by atoms with Crippen molar-refractivity contribution in [3.8, 4) is 0 Å². The summed E-state index contributed by atoms with van der Waals surface area (Å²) < 4.78 is 0. The zero-order chi connectivity index (χ0) is 15.7. The number of aliphatic hydroxyl groups is 1. The van der Waals surface area contributed by atoms with Gasteiger partial charge < -0.3 is 10.2 Å². The summed E-state index contributed by atoms with van der Waals surface area (Å²) in [5.41, 5.74) is -0.418. The first-order chi connectivity index (χ1) is 9.77. The molecule has 0 saturated heterocycles. The fourth-order valence-corrected chi connectivity index (χ4v) is 4.67. The number of aliphatic carboxylic acids is 1. The molecule has 2 rings (SSSR count). The van der Waals surface area contributed by atoms with Crippen molar-refractivity contribution in [2.45, 2.75) is 84.7 Å². The van der Waals surface area contributed by atoms with Crippen LogP contribution < -0.4 is 0 Å². The van der Waals surface area contributed by atoms with Crippen LogP contribution in [0, 0.1) is 22.7 Å². The first kappa shape index (κ1) is 16.8. The minimum Gasteiger partial charge on any atom is -0.481 e. The summed E-state index contributed by atoms with van der Waals surface area (Å²) in [5.74, 6) is -0.105. The number of carboxylic acid groups (broad SMARTS) is 1. The molecule has 2 aliphatic rings. The second-order valence-corrected chi connectivity index (χ2v) is 8.41. The molecule has 3 heteroatoms. The number of hydrogen-bond acceptors (Lipinski definition) is 2. The second kappa shape index (κ2) is 6.28. The van der Waals surface area contributed by atoms with Gasteiger partial charge in [-0.3, -0.25) is 4.79 Å². The molecule has 2 N–H and O–H groups in total. The van der Waals surface area contributed by atoms with Crippen LogP contribution in [0.3, 0.4) is 0 Å². The average molecular weight is 296 g/mol. The highest BCUT2D eigenvalue weighted by Gasteiger charge is 2.51. The predicted octanol–water partition coefficient (Wildman–Crippen LogP) is 4.23. The Morgan fingerprint density at radius 2 is 1.57 bits per heavy atom. The zero-order valence-electron chi connectivity index (χ0n) is 13.9. The van der Waals surface area contributed by atoms with Crippen LogP contribution in [0.25, 0.3) is 0 Å². The maximum Gasteiger partial charge on any atom is 0.310 e. The Morgan fingerprint density at radius 3 is 2.10 bits per heavy atom. The molecule has 0 radical (unpaired) electrons. The van der Waals surface area contributed by atoms with E-state index in [9.17, 15) is 15.0 Å². The Hall–Kier alpha value is -0.570. The number of carbonyl (C=O) groups is 1. The van der Waals surface area contributed by atoms with Gasteiger partial charge in [0.2, 0.25) is 0 Å². The van der Waals surface area contributed by atoms with E-state index >= 15 is 0 Å². The third-order valence-electron chi connectivity index (χ3n) is 6.22. The van der Waals surface area contributed by atoms with Crippen LogP contribution in [0.5, 0.6) is 0 Å². The van der Waals surface area contributed by atoms with Gasteiger partial charge in [-0.1, -0.05) is 40.0 Å². The number of rotatable bonds is 2. The van der Waals surface area contributed by atoms with E-state index in [1.165, 1.54) is 0 Å². The van der Waals surface area contributed by atoms with Crippen LogP contribution in [-0.4, -0.2) is 22.3 Å². The van der Waals surface area contributed by atoms with Gasteiger partial charge in [0.05, 0.1) is 11.5 Å². The van der Waals surface area contributed by atoms with E-state index < -0.39 is 17.5 Å². The van der Waals surface area contributed by atoms with Gasteiger partial charge in [0.1, 0.15) is 0 Å². The van der Waals surface area contributed by atoms with E-state index in [-0.39, 0.29) is 11.3 Å². The number of aliphatic hydroxyl groups excluding tert-OH is 1. The second-order valence-electron chi connectivity index (χ2n) is 8.41. The molecule has 0 bridgehead atoms. The van der Waals surface area contributed by atoms with Crippen molar-refractivity contribution in [3.05, 3.63) is 0 Å². The van der Waals surface area contributed by atoms with Crippen molar-refractivity contribution < 1.29 is 15.0 Å². The van der Waals surface area contributed by atoms with Gasteiger partial charge in [0.15, 0.2) is 0 Å². The summed E-state index contributed by atoms with van der Waals surface area (Å²) in [4.78, 5) is 12.1. The molecule has 0 aromatic carbocycles. The fraction of sp³-hybridized carbons (Fsp3) is 0.944. The Kier molecular flexibility index (Phi) is 5.02. The molecule has 122 valence electrons. The lowest BCUT2D eigenvalue weighted by Gasteiger charge is -2.46. The van der Waals surface area contributed by atoms with Crippen molar-refractivity contribution in [3.63, 3.8) is 0 Å². The van der Waals surface area contributed by atoms with Gasteiger partial charge in [-0.2, -0.15) is 0 Å². The lowest BCUT2D eigenvalue weighted by atomic mass is 9.58. The quantitative estimate of drug-likeness (QED) is 0.750. The summed E-state index contributed by atoms with van der Waals surface area (Å²) in [6.07, 6.45) is 7.94. The van der Waals surface area contributed by atoms with Gasteiger partial charge in [-0.25, -0.2) is 0 Å². The molecule has 2 aliphatic carbocycles. The average Bonchev–Trinajstić information content (AvgIpc) is 2.62. The SMILES string of the molecule is CC(C)(C)C1CCC(C(=O)O)(C2CCCCCC2O)CC1. The Balaban J connectivity index is 2.17. The van der Waals surface area contributed by atoms with Gasteiger partial charge in [-0.15, -0.1) is 0 Å². The minimum atomic E-state index is -0.675. The molecule has 2 unspecified atom stereocenters. The van der Waals surface area contributed by atoms with Gasteiger partial charge in [-0.05, 0) is 49.9 Å². The van der Waals surface area contributed by atoms with Crippen molar-refractivity contribution in [1.29, 1.82) is 0 Å². The molecule has 0 heterocycles. The molecule has 0 aliphatic heterocycles. The smallest absolute Gasteiger partial charge is 0.310 e. The van der Waals surface area contributed by atoms with E-state index in [0.29, 0.717) is 5.92 Å². The van der Waals surface area contributed by atoms with Crippen LogP contribution in [0.4, 0.5) is 0 Å². The lowest BCUT2D eigenvalue weighted by molar-refractivity contribution is -0.162. The summed E-state index contributed by atoms with van der Waals surface area (Å²) in [6.45, 7) is 6.77. The molecular formula is C18H32O3. The van der Waals surface area contributed by atoms with Crippen molar-refractivity contribution in [2.75, 3.05) is 0 Å². The first-order valence-electron chi connectivity index (χ1n) is 8.69. The highest BCUT2D eigenvalue weighted by atomic mass is 16.4. The van der Waals surface area contributed by atoms with Crippen LogP contribution in [0.15, 0.2) is 0 Å². The lowest BCUT2D eigenvalue weighted by Crippen LogP contribution is -2.47.